The Hall–Kier alpha value is -1.91. The van der Waals surface area contributed by atoms with Gasteiger partial charge in [0.2, 0.25) is 0 Å². The number of esters is 1. The molecule has 1 aromatic carbocycles. The van der Waals surface area contributed by atoms with Gasteiger partial charge in [-0.3, -0.25) is 0 Å². The molecule has 4 nitrogen and oxygen atoms in total. The van der Waals surface area contributed by atoms with E-state index in [1.807, 2.05) is 12.1 Å². The van der Waals surface area contributed by atoms with Crippen molar-refractivity contribution in [2.24, 2.45) is 17.3 Å². The number of rotatable bonds is 3. The average Bonchev–Trinajstić information content (AvgIpc) is 3.17. The van der Waals surface area contributed by atoms with Gasteiger partial charge in [0.25, 0.3) is 0 Å². The first-order valence-electron chi connectivity index (χ1n) is 8.45. The quantitative estimate of drug-likeness (QED) is 0.367. The number of hydrogen-bond acceptors (Lipinski definition) is 4. The van der Waals surface area contributed by atoms with E-state index in [2.05, 4.69) is 18.7 Å². The average molecular weight is 326 g/mol. The third-order valence-electron chi connectivity index (χ3n) is 5.38. The van der Waals surface area contributed by atoms with Crippen molar-refractivity contribution in [1.82, 2.24) is 0 Å². The number of fused-ring (bicyclic) bond motifs is 3. The molecule has 1 saturated heterocycles. The Morgan fingerprint density at radius 1 is 1.21 bits per heavy atom. The fourth-order valence-corrected chi connectivity index (χ4v) is 4.04. The van der Waals surface area contributed by atoms with Crippen LogP contribution in [0.3, 0.4) is 0 Å². The van der Waals surface area contributed by atoms with Crippen molar-refractivity contribution in [1.29, 1.82) is 0 Å². The largest absolute Gasteiger partial charge is 0.423 e. The molecular weight excluding hydrogens is 304 g/mol. The highest BCUT2D eigenvalue weighted by molar-refractivity contribution is 5.88. The Morgan fingerprint density at radius 2 is 1.92 bits per heavy atom. The summed E-state index contributed by atoms with van der Waals surface area (Å²) in [5.74, 6) is 1.39. The van der Waals surface area contributed by atoms with E-state index >= 15 is 0 Å². The summed E-state index contributed by atoms with van der Waals surface area (Å²) in [5.41, 5.74) is 1.49. The third-order valence-corrected chi connectivity index (χ3v) is 5.38. The lowest BCUT2D eigenvalue weighted by Crippen LogP contribution is -2.41. The van der Waals surface area contributed by atoms with Gasteiger partial charge in [0.05, 0.1) is 13.2 Å². The number of benzene rings is 1. The Balaban J connectivity index is 1.38. The lowest BCUT2D eigenvalue weighted by atomic mass is 9.76. The molecule has 2 unspecified atom stereocenters. The van der Waals surface area contributed by atoms with Gasteiger partial charge in [0, 0.05) is 16.6 Å². The van der Waals surface area contributed by atoms with Gasteiger partial charge in [-0.25, -0.2) is 4.79 Å². The molecule has 1 saturated carbocycles. The summed E-state index contributed by atoms with van der Waals surface area (Å²) < 4.78 is 17.3. The maximum atomic E-state index is 11.5. The standard InChI is InChI=1S/C20H22O4/c1-13(2)18(21)24-17-7-4-15(5-8-17)19-22-11-20(12-23-19)10-14-3-6-16(20)9-14/h3-8,14,16,19H,1,9-12H2,2H3. The molecule has 2 fully saturated rings. The van der Waals surface area contributed by atoms with Crippen molar-refractivity contribution in [3.63, 3.8) is 0 Å². The lowest BCUT2D eigenvalue weighted by molar-refractivity contribution is -0.239. The fourth-order valence-electron chi connectivity index (χ4n) is 4.04. The molecule has 0 N–H and O–H groups in total. The number of allylic oxidation sites excluding steroid dienone is 2. The van der Waals surface area contributed by atoms with Crippen LogP contribution in [0.4, 0.5) is 0 Å². The van der Waals surface area contributed by atoms with Crippen LogP contribution in [-0.2, 0) is 14.3 Å². The first kappa shape index (κ1) is 15.6. The Labute approximate surface area is 142 Å². The topological polar surface area (TPSA) is 44.8 Å². The van der Waals surface area contributed by atoms with E-state index in [1.54, 1.807) is 19.1 Å². The van der Waals surface area contributed by atoms with Crippen LogP contribution >= 0.6 is 0 Å². The Kier molecular flexibility index (Phi) is 3.82. The Morgan fingerprint density at radius 3 is 2.46 bits per heavy atom. The van der Waals surface area contributed by atoms with Crippen LogP contribution in [0.2, 0.25) is 0 Å². The second kappa shape index (κ2) is 5.87. The van der Waals surface area contributed by atoms with E-state index < -0.39 is 5.97 Å². The van der Waals surface area contributed by atoms with E-state index in [9.17, 15) is 4.79 Å². The molecule has 2 atom stereocenters. The van der Waals surface area contributed by atoms with Gasteiger partial charge in [-0.05, 0) is 43.7 Å². The van der Waals surface area contributed by atoms with Gasteiger partial charge in [0.15, 0.2) is 6.29 Å². The molecule has 0 radical (unpaired) electrons. The number of carbonyl (C=O) groups excluding carboxylic acids is 1. The summed E-state index contributed by atoms with van der Waals surface area (Å²) in [6, 6.07) is 7.27. The molecule has 24 heavy (non-hydrogen) atoms. The summed E-state index contributed by atoms with van der Waals surface area (Å²) >= 11 is 0. The lowest BCUT2D eigenvalue weighted by Gasteiger charge is -2.41. The van der Waals surface area contributed by atoms with Gasteiger partial charge in [-0.15, -0.1) is 0 Å². The minimum Gasteiger partial charge on any atom is -0.423 e. The van der Waals surface area contributed by atoms with Crippen molar-refractivity contribution >= 4 is 5.97 Å². The zero-order valence-corrected chi connectivity index (χ0v) is 13.9. The van der Waals surface area contributed by atoms with Crippen LogP contribution < -0.4 is 4.74 Å². The predicted molar refractivity (Wildman–Crippen MR) is 89.3 cm³/mol. The van der Waals surface area contributed by atoms with Crippen LogP contribution in [-0.4, -0.2) is 19.2 Å². The monoisotopic (exact) mass is 326 g/mol. The molecule has 1 aliphatic heterocycles. The predicted octanol–water partition coefficient (Wildman–Crippen LogP) is 3.80. The van der Waals surface area contributed by atoms with Gasteiger partial charge >= 0.3 is 5.97 Å². The second-order valence-electron chi connectivity index (χ2n) is 7.25. The molecule has 0 aromatic heterocycles. The molecular formula is C20H22O4. The van der Waals surface area contributed by atoms with Gasteiger partial charge in [-0.2, -0.15) is 0 Å². The molecule has 2 aliphatic carbocycles. The molecule has 0 amide bonds. The van der Waals surface area contributed by atoms with Crippen molar-refractivity contribution in [2.75, 3.05) is 13.2 Å². The zero-order chi connectivity index (χ0) is 16.7. The van der Waals surface area contributed by atoms with Crippen LogP contribution in [0, 0.1) is 17.3 Å². The van der Waals surface area contributed by atoms with E-state index in [0.29, 0.717) is 23.2 Å². The van der Waals surface area contributed by atoms with E-state index in [4.69, 9.17) is 14.2 Å². The minimum absolute atomic E-state index is 0.173. The molecule has 4 rings (SSSR count). The van der Waals surface area contributed by atoms with Gasteiger partial charge < -0.3 is 14.2 Å². The highest BCUT2D eigenvalue weighted by Gasteiger charge is 2.51. The van der Waals surface area contributed by atoms with E-state index in [0.717, 1.165) is 18.8 Å². The fraction of sp³-hybridized carbons (Fsp3) is 0.450. The normalized spacial score (nSPS) is 33.8. The van der Waals surface area contributed by atoms with Crippen molar-refractivity contribution in [2.45, 2.75) is 26.1 Å². The number of hydrogen-bond donors (Lipinski definition) is 0. The van der Waals surface area contributed by atoms with E-state index in [1.165, 1.54) is 12.8 Å². The van der Waals surface area contributed by atoms with Crippen molar-refractivity contribution < 1.29 is 19.0 Å². The summed E-state index contributed by atoms with van der Waals surface area (Å²) in [6.07, 6.45) is 6.76. The highest BCUT2D eigenvalue weighted by atomic mass is 16.7. The summed E-state index contributed by atoms with van der Waals surface area (Å²) in [4.78, 5) is 11.5. The Bertz CT molecular complexity index is 680. The van der Waals surface area contributed by atoms with Crippen LogP contribution in [0.5, 0.6) is 5.75 Å². The first-order valence-corrected chi connectivity index (χ1v) is 8.45. The van der Waals surface area contributed by atoms with Gasteiger partial charge in [0.1, 0.15) is 5.75 Å². The van der Waals surface area contributed by atoms with Crippen LogP contribution in [0.15, 0.2) is 48.6 Å². The summed E-state index contributed by atoms with van der Waals surface area (Å²) in [7, 11) is 0. The van der Waals surface area contributed by atoms with Gasteiger partial charge in [-0.1, -0.05) is 30.9 Å². The maximum absolute atomic E-state index is 11.5. The van der Waals surface area contributed by atoms with E-state index in [-0.39, 0.29) is 11.7 Å². The molecule has 3 aliphatic rings. The van der Waals surface area contributed by atoms with Crippen LogP contribution in [0.1, 0.15) is 31.6 Å². The van der Waals surface area contributed by atoms with Crippen LogP contribution in [0.25, 0.3) is 0 Å². The van der Waals surface area contributed by atoms with Crippen molar-refractivity contribution in [3.8, 4) is 5.75 Å². The highest BCUT2D eigenvalue weighted by Crippen LogP contribution is 2.54. The molecule has 1 spiro atoms. The number of carbonyl (C=O) groups is 1. The molecule has 126 valence electrons. The number of ether oxygens (including phenoxy) is 3. The molecule has 1 heterocycles. The second-order valence-corrected chi connectivity index (χ2v) is 7.25. The molecule has 4 heteroatoms. The smallest absolute Gasteiger partial charge is 0.338 e. The maximum Gasteiger partial charge on any atom is 0.338 e. The summed E-state index contributed by atoms with van der Waals surface area (Å²) in [6.45, 7) is 6.69. The SMILES string of the molecule is C=C(C)C(=O)Oc1ccc(C2OCC3(CO2)CC2C=CC3C2)cc1. The third kappa shape index (κ3) is 2.70. The van der Waals surface area contributed by atoms with Crippen molar-refractivity contribution in [3.05, 3.63) is 54.1 Å². The first-order chi connectivity index (χ1) is 11.6. The zero-order valence-electron chi connectivity index (χ0n) is 13.9. The molecule has 2 bridgehead atoms. The summed E-state index contributed by atoms with van der Waals surface area (Å²) in [5, 5.41) is 0. The minimum atomic E-state index is -0.417. The molecule has 1 aromatic rings.